The van der Waals surface area contributed by atoms with Crippen LogP contribution in [0, 0.1) is 0 Å². The maximum absolute atomic E-state index is 13.5. The number of anilines is 1. The van der Waals surface area contributed by atoms with Crippen LogP contribution in [0.2, 0.25) is 5.02 Å². The van der Waals surface area contributed by atoms with E-state index in [1.54, 1.807) is 54.6 Å². The van der Waals surface area contributed by atoms with Gasteiger partial charge in [-0.25, -0.2) is 4.90 Å². The van der Waals surface area contributed by atoms with Crippen LogP contribution >= 0.6 is 11.6 Å². The van der Waals surface area contributed by atoms with Crippen LogP contribution in [0.1, 0.15) is 22.3 Å². The molecule has 6 nitrogen and oxygen atoms in total. The third kappa shape index (κ3) is 4.91. The SMILES string of the molecule is COc1cccc(C(=O)N(CCc2cccc(Cl)c2)C2CC(=O)N(c3ccccc3)C2=O)c1. The summed E-state index contributed by atoms with van der Waals surface area (Å²) in [6.45, 7) is 0.253. The number of imide groups is 1. The van der Waals surface area contributed by atoms with E-state index in [0.29, 0.717) is 28.4 Å². The lowest BCUT2D eigenvalue weighted by Gasteiger charge is -2.28. The predicted molar refractivity (Wildman–Crippen MR) is 127 cm³/mol. The van der Waals surface area contributed by atoms with Crippen molar-refractivity contribution >= 4 is 35.0 Å². The van der Waals surface area contributed by atoms with E-state index in [0.717, 1.165) is 10.5 Å². The van der Waals surface area contributed by atoms with Gasteiger partial charge < -0.3 is 9.64 Å². The second-order valence-corrected chi connectivity index (χ2v) is 8.17. The lowest BCUT2D eigenvalue weighted by atomic mass is 10.1. The fourth-order valence-electron chi connectivity index (χ4n) is 3.97. The highest BCUT2D eigenvalue weighted by molar-refractivity contribution is 6.30. The Hall–Kier alpha value is -3.64. The molecule has 7 heteroatoms. The van der Waals surface area contributed by atoms with Gasteiger partial charge in [-0.3, -0.25) is 14.4 Å². The minimum Gasteiger partial charge on any atom is -0.497 e. The van der Waals surface area contributed by atoms with E-state index < -0.39 is 11.9 Å². The Kier molecular flexibility index (Phi) is 6.75. The van der Waals surface area contributed by atoms with Gasteiger partial charge >= 0.3 is 0 Å². The molecule has 0 aliphatic carbocycles. The molecule has 168 valence electrons. The monoisotopic (exact) mass is 462 g/mol. The highest BCUT2D eigenvalue weighted by atomic mass is 35.5. The maximum Gasteiger partial charge on any atom is 0.257 e. The summed E-state index contributed by atoms with van der Waals surface area (Å²) in [7, 11) is 1.53. The molecule has 1 unspecified atom stereocenters. The summed E-state index contributed by atoms with van der Waals surface area (Å²) in [5, 5.41) is 0.598. The first kappa shape index (κ1) is 22.6. The first-order valence-corrected chi connectivity index (χ1v) is 11.0. The minimum absolute atomic E-state index is 0.0705. The van der Waals surface area contributed by atoms with Crippen LogP contribution in [0.25, 0.3) is 0 Å². The first-order valence-electron chi connectivity index (χ1n) is 10.6. The van der Waals surface area contributed by atoms with E-state index in [4.69, 9.17) is 16.3 Å². The number of carbonyl (C=O) groups is 3. The van der Waals surface area contributed by atoms with E-state index in [1.807, 2.05) is 24.3 Å². The van der Waals surface area contributed by atoms with Crippen LogP contribution in [0.4, 0.5) is 5.69 Å². The molecule has 0 saturated carbocycles. The van der Waals surface area contributed by atoms with Gasteiger partial charge in [-0.15, -0.1) is 0 Å². The Labute approximate surface area is 197 Å². The van der Waals surface area contributed by atoms with E-state index in [-0.39, 0.29) is 24.8 Å². The van der Waals surface area contributed by atoms with Gasteiger partial charge in [-0.2, -0.15) is 0 Å². The molecule has 4 rings (SSSR count). The first-order chi connectivity index (χ1) is 16.0. The van der Waals surface area contributed by atoms with Crippen LogP contribution in [0.5, 0.6) is 5.75 Å². The summed E-state index contributed by atoms with van der Waals surface area (Å²) in [5.74, 6) is -0.539. The van der Waals surface area contributed by atoms with E-state index in [2.05, 4.69) is 0 Å². The number of carbonyl (C=O) groups excluding carboxylic acids is 3. The number of hydrogen-bond acceptors (Lipinski definition) is 4. The molecule has 0 bridgehead atoms. The second kappa shape index (κ2) is 9.88. The lowest BCUT2D eigenvalue weighted by molar-refractivity contribution is -0.122. The molecule has 3 aromatic carbocycles. The van der Waals surface area contributed by atoms with E-state index >= 15 is 0 Å². The van der Waals surface area contributed by atoms with Crippen molar-refractivity contribution in [2.24, 2.45) is 0 Å². The fourth-order valence-corrected chi connectivity index (χ4v) is 4.18. The molecule has 0 radical (unpaired) electrons. The van der Waals surface area contributed by atoms with Crippen molar-refractivity contribution in [3.63, 3.8) is 0 Å². The third-order valence-corrected chi connectivity index (χ3v) is 5.86. The van der Waals surface area contributed by atoms with Crippen molar-refractivity contribution < 1.29 is 19.1 Å². The van der Waals surface area contributed by atoms with Crippen molar-refractivity contribution in [3.8, 4) is 5.75 Å². The van der Waals surface area contributed by atoms with Crippen molar-refractivity contribution in [2.75, 3.05) is 18.6 Å². The van der Waals surface area contributed by atoms with E-state index in [9.17, 15) is 14.4 Å². The van der Waals surface area contributed by atoms with E-state index in [1.165, 1.54) is 12.0 Å². The molecule has 3 amide bonds. The highest BCUT2D eigenvalue weighted by Crippen LogP contribution is 2.27. The van der Waals surface area contributed by atoms with Crippen LogP contribution < -0.4 is 9.64 Å². The summed E-state index contributed by atoms with van der Waals surface area (Å²) < 4.78 is 5.25. The Balaban J connectivity index is 1.65. The topological polar surface area (TPSA) is 66.9 Å². The summed E-state index contributed by atoms with van der Waals surface area (Å²) >= 11 is 6.11. The fraction of sp³-hybridized carbons (Fsp3) is 0.192. The van der Waals surface area contributed by atoms with Crippen LogP contribution in [0.3, 0.4) is 0 Å². The largest absolute Gasteiger partial charge is 0.497 e. The molecule has 1 saturated heterocycles. The Morgan fingerprint density at radius 2 is 1.79 bits per heavy atom. The molecule has 0 N–H and O–H groups in total. The lowest BCUT2D eigenvalue weighted by Crippen LogP contribution is -2.46. The summed E-state index contributed by atoms with van der Waals surface area (Å²) in [4.78, 5) is 42.3. The van der Waals surface area contributed by atoms with Gasteiger partial charge in [0.25, 0.3) is 11.8 Å². The standard InChI is InChI=1S/C26H23ClN2O4/c1-33-22-12-6-8-19(16-22)25(31)28(14-13-18-7-5-9-20(27)15-18)23-17-24(30)29(26(23)32)21-10-3-2-4-11-21/h2-12,15-16,23H,13-14,17H2,1H3. The maximum atomic E-state index is 13.5. The molecule has 0 spiro atoms. The van der Waals surface area contributed by atoms with Crippen molar-refractivity contribution in [1.29, 1.82) is 0 Å². The van der Waals surface area contributed by atoms with Gasteiger partial charge in [0.2, 0.25) is 5.91 Å². The number of ether oxygens (including phenoxy) is 1. The smallest absolute Gasteiger partial charge is 0.257 e. The Morgan fingerprint density at radius 1 is 1.03 bits per heavy atom. The molecule has 1 aliphatic heterocycles. The number of benzene rings is 3. The Bertz CT molecular complexity index is 1180. The van der Waals surface area contributed by atoms with Gasteiger partial charge in [0.05, 0.1) is 19.2 Å². The molecule has 1 heterocycles. The third-order valence-electron chi connectivity index (χ3n) is 5.62. The Morgan fingerprint density at radius 3 is 2.52 bits per heavy atom. The van der Waals surface area contributed by atoms with Crippen molar-refractivity contribution in [1.82, 2.24) is 4.90 Å². The van der Waals surface area contributed by atoms with Gasteiger partial charge in [-0.05, 0) is 54.4 Å². The number of halogens is 1. The predicted octanol–water partition coefficient (Wildman–Crippen LogP) is 4.37. The number of rotatable bonds is 7. The van der Waals surface area contributed by atoms with Gasteiger partial charge in [0.1, 0.15) is 11.8 Å². The van der Waals surface area contributed by atoms with Crippen molar-refractivity contribution in [3.05, 3.63) is 95.0 Å². The van der Waals surface area contributed by atoms with Crippen molar-refractivity contribution in [2.45, 2.75) is 18.9 Å². The second-order valence-electron chi connectivity index (χ2n) is 7.73. The number of para-hydroxylation sites is 1. The summed E-state index contributed by atoms with van der Waals surface area (Å²) in [6.07, 6.45) is 0.415. The quantitative estimate of drug-likeness (QED) is 0.489. The molecular formula is C26H23ClN2O4. The van der Waals surface area contributed by atoms with Gasteiger partial charge in [-0.1, -0.05) is 48.0 Å². The molecule has 0 aromatic heterocycles. The zero-order valence-electron chi connectivity index (χ0n) is 18.1. The normalized spacial score (nSPS) is 15.6. The molecule has 1 aliphatic rings. The molecular weight excluding hydrogens is 440 g/mol. The number of amides is 3. The van der Waals surface area contributed by atoms with Gasteiger partial charge in [0, 0.05) is 17.1 Å². The number of hydrogen-bond donors (Lipinski definition) is 0. The average Bonchev–Trinajstić information content (AvgIpc) is 3.13. The summed E-state index contributed by atoms with van der Waals surface area (Å²) in [6, 6.07) is 22.0. The van der Waals surface area contributed by atoms with Gasteiger partial charge in [0.15, 0.2) is 0 Å². The molecule has 1 atom stereocenters. The minimum atomic E-state index is -0.893. The number of nitrogens with zero attached hydrogens (tertiary/aromatic N) is 2. The average molecular weight is 463 g/mol. The number of methoxy groups -OCH3 is 1. The summed E-state index contributed by atoms with van der Waals surface area (Å²) in [5.41, 5.74) is 1.82. The molecule has 1 fully saturated rings. The van der Waals surface area contributed by atoms with Crippen LogP contribution in [-0.4, -0.2) is 42.3 Å². The highest BCUT2D eigenvalue weighted by Gasteiger charge is 2.44. The molecule has 33 heavy (non-hydrogen) atoms. The molecule has 3 aromatic rings. The van der Waals surface area contributed by atoms with Crippen LogP contribution in [0.15, 0.2) is 78.9 Å². The van der Waals surface area contributed by atoms with Crippen LogP contribution in [-0.2, 0) is 16.0 Å². The zero-order chi connectivity index (χ0) is 23.4. The zero-order valence-corrected chi connectivity index (χ0v) is 18.9.